The standard InChI is InChI=1S/C18H23N3O/c1-18(2)14-9-8-13(16(18)10-14)11-20-21-17(22)12-19-15-6-4-3-5-7-15/h3-8,11,14,16,19H,9-10,12H2,1-2H3,(H,21,22)/b20-11+. The summed E-state index contributed by atoms with van der Waals surface area (Å²) in [6, 6.07) is 9.67. The lowest BCUT2D eigenvalue weighted by Crippen LogP contribution is -2.48. The van der Waals surface area contributed by atoms with Crippen LogP contribution in [0, 0.1) is 17.3 Å². The van der Waals surface area contributed by atoms with Crippen LogP contribution in [0.3, 0.4) is 0 Å². The largest absolute Gasteiger partial charge is 0.376 e. The summed E-state index contributed by atoms with van der Waals surface area (Å²) in [6.45, 7) is 4.88. The van der Waals surface area contributed by atoms with Crippen molar-refractivity contribution in [2.75, 3.05) is 11.9 Å². The SMILES string of the molecule is CC1(C)C2CC=C(/C=N/NC(=O)CNc3ccccc3)C1C2. The Bertz CT molecular complexity index is 604. The number of nitrogens with one attached hydrogen (secondary N) is 2. The highest BCUT2D eigenvalue weighted by Crippen LogP contribution is 2.58. The molecule has 4 nitrogen and oxygen atoms in total. The third-order valence-corrected chi connectivity index (χ3v) is 5.14. The van der Waals surface area contributed by atoms with E-state index < -0.39 is 0 Å². The molecule has 22 heavy (non-hydrogen) atoms. The number of hydrazone groups is 1. The minimum Gasteiger partial charge on any atom is -0.376 e. The van der Waals surface area contributed by atoms with Gasteiger partial charge in [-0.05, 0) is 47.8 Å². The number of nitrogens with zero attached hydrogens (tertiary/aromatic N) is 1. The van der Waals surface area contributed by atoms with Gasteiger partial charge in [0.2, 0.25) is 0 Å². The van der Waals surface area contributed by atoms with Crippen molar-refractivity contribution in [3.05, 3.63) is 42.0 Å². The van der Waals surface area contributed by atoms with Gasteiger partial charge >= 0.3 is 0 Å². The van der Waals surface area contributed by atoms with Gasteiger partial charge in [-0.3, -0.25) is 4.79 Å². The summed E-state index contributed by atoms with van der Waals surface area (Å²) >= 11 is 0. The maximum Gasteiger partial charge on any atom is 0.259 e. The Kier molecular flexibility index (Phi) is 4.01. The van der Waals surface area contributed by atoms with E-state index in [1.54, 1.807) is 0 Å². The van der Waals surface area contributed by atoms with Crippen molar-refractivity contribution in [2.24, 2.45) is 22.4 Å². The van der Waals surface area contributed by atoms with Crippen LogP contribution in [-0.4, -0.2) is 18.7 Å². The summed E-state index contributed by atoms with van der Waals surface area (Å²) in [5.41, 5.74) is 5.17. The highest BCUT2D eigenvalue weighted by atomic mass is 16.2. The number of anilines is 1. The summed E-state index contributed by atoms with van der Waals surface area (Å²) in [5, 5.41) is 7.18. The van der Waals surface area contributed by atoms with E-state index >= 15 is 0 Å². The third-order valence-electron chi connectivity index (χ3n) is 5.14. The first-order chi connectivity index (χ1) is 10.6. The molecule has 0 radical (unpaired) electrons. The van der Waals surface area contributed by atoms with E-state index in [2.05, 4.69) is 35.8 Å². The van der Waals surface area contributed by atoms with E-state index in [0.717, 1.165) is 18.0 Å². The molecule has 1 saturated carbocycles. The van der Waals surface area contributed by atoms with Gasteiger partial charge in [0.05, 0.1) is 12.8 Å². The molecule has 3 aliphatic rings. The number of carbonyl (C=O) groups is 1. The molecule has 1 aromatic carbocycles. The third kappa shape index (κ3) is 2.91. The van der Waals surface area contributed by atoms with Crippen LogP contribution in [0.1, 0.15) is 26.7 Å². The maximum absolute atomic E-state index is 11.8. The van der Waals surface area contributed by atoms with Crippen molar-refractivity contribution < 1.29 is 4.79 Å². The first kappa shape index (κ1) is 14.8. The van der Waals surface area contributed by atoms with Gasteiger partial charge in [0.1, 0.15) is 0 Å². The normalized spacial score (nSPS) is 25.3. The van der Waals surface area contributed by atoms with Crippen LogP contribution < -0.4 is 10.7 Å². The zero-order valence-electron chi connectivity index (χ0n) is 13.2. The average Bonchev–Trinajstić information content (AvgIpc) is 2.54. The van der Waals surface area contributed by atoms with Crippen LogP contribution in [0.15, 0.2) is 47.1 Å². The van der Waals surface area contributed by atoms with E-state index in [1.807, 2.05) is 36.5 Å². The Morgan fingerprint density at radius 3 is 2.82 bits per heavy atom. The second kappa shape index (κ2) is 5.95. The van der Waals surface area contributed by atoms with E-state index in [9.17, 15) is 4.79 Å². The predicted molar refractivity (Wildman–Crippen MR) is 89.6 cm³/mol. The highest BCUT2D eigenvalue weighted by molar-refractivity contribution is 5.84. The van der Waals surface area contributed by atoms with E-state index in [0.29, 0.717) is 11.3 Å². The quantitative estimate of drug-likeness (QED) is 0.648. The molecule has 1 amide bonds. The maximum atomic E-state index is 11.8. The van der Waals surface area contributed by atoms with Crippen LogP contribution >= 0.6 is 0 Å². The lowest BCUT2D eigenvalue weighted by Gasteiger charge is -2.55. The summed E-state index contributed by atoms with van der Waals surface area (Å²) in [7, 11) is 0. The zero-order chi connectivity index (χ0) is 15.6. The predicted octanol–water partition coefficient (Wildman–Crippen LogP) is 3.19. The van der Waals surface area contributed by atoms with Crippen molar-refractivity contribution in [2.45, 2.75) is 26.7 Å². The van der Waals surface area contributed by atoms with Gasteiger partial charge in [-0.2, -0.15) is 5.10 Å². The molecule has 0 aromatic heterocycles. The Hall–Kier alpha value is -2.10. The number of para-hydroxylation sites is 1. The molecule has 116 valence electrons. The number of hydrogen-bond acceptors (Lipinski definition) is 3. The first-order valence-corrected chi connectivity index (χ1v) is 7.88. The molecule has 2 bridgehead atoms. The Morgan fingerprint density at radius 2 is 2.14 bits per heavy atom. The Balaban J connectivity index is 1.46. The molecular weight excluding hydrogens is 274 g/mol. The van der Waals surface area contributed by atoms with Crippen molar-refractivity contribution >= 4 is 17.8 Å². The molecule has 0 heterocycles. The van der Waals surface area contributed by atoms with Crippen molar-refractivity contribution in [1.82, 2.24) is 5.43 Å². The molecule has 4 heteroatoms. The molecule has 0 spiro atoms. The molecule has 2 atom stereocenters. The Morgan fingerprint density at radius 1 is 1.36 bits per heavy atom. The molecule has 2 unspecified atom stereocenters. The van der Waals surface area contributed by atoms with Crippen molar-refractivity contribution in [1.29, 1.82) is 0 Å². The summed E-state index contributed by atoms with van der Waals surface area (Å²) in [6.07, 6.45) is 6.48. The van der Waals surface area contributed by atoms with Crippen LogP contribution in [-0.2, 0) is 4.79 Å². The van der Waals surface area contributed by atoms with Crippen LogP contribution in [0.5, 0.6) is 0 Å². The molecule has 0 saturated heterocycles. The number of amides is 1. The first-order valence-electron chi connectivity index (χ1n) is 7.88. The molecule has 0 aliphatic heterocycles. The highest BCUT2D eigenvalue weighted by Gasteiger charge is 2.50. The lowest BCUT2D eigenvalue weighted by molar-refractivity contribution is -0.119. The van der Waals surface area contributed by atoms with Gasteiger partial charge in [-0.15, -0.1) is 0 Å². The van der Waals surface area contributed by atoms with Crippen LogP contribution in [0.4, 0.5) is 5.69 Å². The molecule has 4 rings (SSSR count). The van der Waals surface area contributed by atoms with Gasteiger partial charge in [0.15, 0.2) is 0 Å². The number of rotatable bonds is 5. The van der Waals surface area contributed by atoms with Gasteiger partial charge in [0.25, 0.3) is 5.91 Å². The molecular formula is C18H23N3O. The summed E-state index contributed by atoms with van der Waals surface area (Å²) in [4.78, 5) is 11.8. The van der Waals surface area contributed by atoms with Crippen molar-refractivity contribution in [3.8, 4) is 0 Å². The Labute approximate surface area is 131 Å². The zero-order valence-corrected chi connectivity index (χ0v) is 13.2. The minimum absolute atomic E-state index is 0.137. The fourth-order valence-corrected chi connectivity index (χ4v) is 3.50. The minimum atomic E-state index is -0.137. The average molecular weight is 297 g/mol. The van der Waals surface area contributed by atoms with E-state index in [1.165, 1.54) is 12.0 Å². The molecule has 1 fully saturated rings. The number of allylic oxidation sites excluding steroid dienone is 2. The fraction of sp³-hybridized carbons (Fsp3) is 0.444. The fourth-order valence-electron chi connectivity index (χ4n) is 3.50. The molecule has 2 N–H and O–H groups in total. The van der Waals surface area contributed by atoms with Gasteiger partial charge < -0.3 is 5.32 Å². The monoisotopic (exact) mass is 297 g/mol. The number of benzene rings is 1. The van der Waals surface area contributed by atoms with Crippen LogP contribution in [0.2, 0.25) is 0 Å². The number of carbonyl (C=O) groups excluding carboxylic acids is 1. The smallest absolute Gasteiger partial charge is 0.259 e. The molecule has 3 aliphatic carbocycles. The summed E-state index contributed by atoms with van der Waals surface area (Å²) in [5.74, 6) is 1.27. The van der Waals surface area contributed by atoms with Crippen molar-refractivity contribution in [3.63, 3.8) is 0 Å². The van der Waals surface area contributed by atoms with E-state index in [4.69, 9.17) is 0 Å². The second-order valence-electron chi connectivity index (χ2n) is 6.76. The molecule has 1 aromatic rings. The van der Waals surface area contributed by atoms with Gasteiger partial charge in [-0.25, -0.2) is 5.43 Å². The van der Waals surface area contributed by atoms with Crippen LogP contribution in [0.25, 0.3) is 0 Å². The topological polar surface area (TPSA) is 53.5 Å². The second-order valence-corrected chi connectivity index (χ2v) is 6.76. The number of hydrogen-bond donors (Lipinski definition) is 2. The van der Waals surface area contributed by atoms with Gasteiger partial charge in [-0.1, -0.05) is 38.1 Å². The number of fused-ring (bicyclic) bond motifs is 1. The lowest BCUT2D eigenvalue weighted by atomic mass is 9.49. The van der Waals surface area contributed by atoms with Gasteiger partial charge in [0, 0.05) is 5.69 Å². The van der Waals surface area contributed by atoms with E-state index in [-0.39, 0.29) is 12.5 Å². The summed E-state index contributed by atoms with van der Waals surface area (Å²) < 4.78 is 0.